The summed E-state index contributed by atoms with van der Waals surface area (Å²) in [6, 6.07) is 1.14. The van der Waals surface area contributed by atoms with Crippen molar-refractivity contribution in [1.82, 2.24) is 20.0 Å². The van der Waals surface area contributed by atoms with E-state index in [2.05, 4.69) is 47.0 Å². The van der Waals surface area contributed by atoms with E-state index in [1.54, 1.807) is 0 Å². The molecule has 5 heteroatoms. The molecule has 1 aromatic heterocycles. The summed E-state index contributed by atoms with van der Waals surface area (Å²) in [6.07, 6.45) is 4.86. The summed E-state index contributed by atoms with van der Waals surface area (Å²) in [5.41, 5.74) is 2.56. The third-order valence-corrected chi connectivity index (χ3v) is 3.86. The van der Waals surface area contributed by atoms with E-state index < -0.39 is 0 Å². The van der Waals surface area contributed by atoms with Crippen LogP contribution in [0.5, 0.6) is 0 Å². The molecule has 2 heterocycles. The molecule has 1 aromatic rings. The monoisotopic (exact) mass is 286 g/mol. The molecule has 1 unspecified atom stereocenters. The summed E-state index contributed by atoms with van der Waals surface area (Å²) < 4.78 is 2.08. The maximum Gasteiger partial charge on any atom is 0.0638 e. The second-order valence-electron chi connectivity index (χ2n) is 5.64. The van der Waals surface area contributed by atoms with E-state index in [1.165, 1.54) is 30.6 Å². The van der Waals surface area contributed by atoms with E-state index >= 15 is 0 Å². The Labute approximate surface area is 123 Å². The second kappa shape index (κ2) is 7.27. The molecule has 1 saturated heterocycles. The van der Waals surface area contributed by atoms with Gasteiger partial charge in [0.05, 0.1) is 5.69 Å². The highest BCUT2D eigenvalue weighted by Crippen LogP contribution is 2.21. The van der Waals surface area contributed by atoms with Crippen molar-refractivity contribution in [1.29, 1.82) is 0 Å². The molecule has 1 aliphatic rings. The fourth-order valence-corrected chi connectivity index (χ4v) is 2.73. The van der Waals surface area contributed by atoms with Gasteiger partial charge in [-0.05, 0) is 47.2 Å². The van der Waals surface area contributed by atoms with Gasteiger partial charge >= 0.3 is 0 Å². The minimum atomic E-state index is 0. The molecule has 0 bridgehead atoms. The Balaban J connectivity index is 0.00000180. The van der Waals surface area contributed by atoms with Gasteiger partial charge in [0.15, 0.2) is 0 Å². The maximum absolute atomic E-state index is 4.60. The summed E-state index contributed by atoms with van der Waals surface area (Å²) >= 11 is 0. The van der Waals surface area contributed by atoms with Gasteiger partial charge < -0.3 is 5.32 Å². The zero-order valence-corrected chi connectivity index (χ0v) is 13.3. The van der Waals surface area contributed by atoms with Crippen molar-refractivity contribution < 1.29 is 0 Å². The molecule has 0 saturated carbocycles. The van der Waals surface area contributed by atoms with E-state index in [9.17, 15) is 0 Å². The number of likely N-dealkylation sites (tertiary alicyclic amines) is 1. The van der Waals surface area contributed by atoms with Crippen LogP contribution < -0.4 is 5.32 Å². The first-order chi connectivity index (χ1) is 8.61. The number of nitrogens with one attached hydrogen (secondary N) is 1. The molecule has 2 rings (SSSR count). The molecule has 19 heavy (non-hydrogen) atoms. The zero-order valence-electron chi connectivity index (χ0n) is 12.5. The van der Waals surface area contributed by atoms with Gasteiger partial charge in [-0.1, -0.05) is 0 Å². The summed E-state index contributed by atoms with van der Waals surface area (Å²) in [6.45, 7) is 9.84. The molecule has 0 radical (unpaired) electrons. The van der Waals surface area contributed by atoms with E-state index in [-0.39, 0.29) is 12.4 Å². The van der Waals surface area contributed by atoms with Crippen LogP contribution in [0.1, 0.15) is 44.0 Å². The topological polar surface area (TPSA) is 33.1 Å². The van der Waals surface area contributed by atoms with Gasteiger partial charge in [-0.15, -0.1) is 12.4 Å². The Bertz CT molecular complexity index is 389. The third kappa shape index (κ3) is 3.94. The molecule has 1 aliphatic heterocycles. The van der Waals surface area contributed by atoms with Crippen LogP contribution in [0, 0.1) is 6.92 Å². The Morgan fingerprint density at radius 1 is 1.47 bits per heavy atom. The van der Waals surface area contributed by atoms with Crippen LogP contribution in [0.2, 0.25) is 0 Å². The first kappa shape index (κ1) is 16.5. The molecule has 0 amide bonds. The number of aryl methyl sites for hydroxylation is 1. The molecule has 0 aliphatic carbocycles. The molecule has 1 atom stereocenters. The number of aromatic nitrogens is 2. The van der Waals surface area contributed by atoms with Crippen molar-refractivity contribution in [3.63, 3.8) is 0 Å². The van der Waals surface area contributed by atoms with Crippen molar-refractivity contribution in [3.8, 4) is 0 Å². The van der Waals surface area contributed by atoms with Gasteiger partial charge in [-0.2, -0.15) is 5.10 Å². The number of rotatable bonds is 5. The van der Waals surface area contributed by atoms with Gasteiger partial charge in [0, 0.05) is 36.9 Å². The van der Waals surface area contributed by atoms with E-state index in [4.69, 9.17) is 0 Å². The van der Waals surface area contributed by atoms with E-state index in [1.807, 2.05) is 7.05 Å². The van der Waals surface area contributed by atoms with Crippen molar-refractivity contribution in [2.75, 3.05) is 20.1 Å². The van der Waals surface area contributed by atoms with Crippen LogP contribution in [-0.4, -0.2) is 40.9 Å². The standard InChI is InChI=1S/C14H26N4.ClH/c1-11(2)18-10-13(12(3)16-18)9-17-7-5-6-14(17)8-15-4;/h10-11,14-15H,5-9H2,1-4H3;1H. The normalized spacial score (nSPS) is 19.9. The van der Waals surface area contributed by atoms with Gasteiger partial charge in [0.1, 0.15) is 0 Å². The Morgan fingerprint density at radius 3 is 2.79 bits per heavy atom. The van der Waals surface area contributed by atoms with E-state index in [0.717, 1.165) is 13.1 Å². The maximum atomic E-state index is 4.60. The molecule has 0 spiro atoms. The molecular formula is C14H27ClN4. The molecule has 1 fully saturated rings. The van der Waals surface area contributed by atoms with Crippen LogP contribution >= 0.6 is 12.4 Å². The fraction of sp³-hybridized carbons (Fsp3) is 0.786. The van der Waals surface area contributed by atoms with Crippen LogP contribution in [0.3, 0.4) is 0 Å². The first-order valence-electron chi connectivity index (χ1n) is 7.05. The number of hydrogen-bond donors (Lipinski definition) is 1. The van der Waals surface area contributed by atoms with Gasteiger partial charge in [0.25, 0.3) is 0 Å². The minimum absolute atomic E-state index is 0. The zero-order chi connectivity index (χ0) is 13.1. The quantitative estimate of drug-likeness (QED) is 0.902. The van der Waals surface area contributed by atoms with Gasteiger partial charge in [-0.25, -0.2) is 0 Å². The molecule has 4 nitrogen and oxygen atoms in total. The van der Waals surface area contributed by atoms with Crippen LogP contribution in [-0.2, 0) is 6.54 Å². The van der Waals surface area contributed by atoms with Gasteiger partial charge in [0.2, 0.25) is 0 Å². The third-order valence-electron chi connectivity index (χ3n) is 3.86. The molecule has 1 N–H and O–H groups in total. The summed E-state index contributed by atoms with van der Waals surface area (Å²) in [5.74, 6) is 0. The Morgan fingerprint density at radius 2 is 2.21 bits per heavy atom. The highest BCUT2D eigenvalue weighted by molar-refractivity contribution is 5.85. The summed E-state index contributed by atoms with van der Waals surface area (Å²) in [4.78, 5) is 2.59. The Kier molecular flexibility index (Phi) is 6.30. The number of halogens is 1. The van der Waals surface area contributed by atoms with Crippen molar-refractivity contribution >= 4 is 12.4 Å². The largest absolute Gasteiger partial charge is 0.318 e. The number of nitrogens with zero attached hydrogens (tertiary/aromatic N) is 3. The number of hydrogen-bond acceptors (Lipinski definition) is 3. The molecular weight excluding hydrogens is 260 g/mol. The molecule has 110 valence electrons. The average molecular weight is 287 g/mol. The lowest BCUT2D eigenvalue weighted by atomic mass is 10.2. The summed E-state index contributed by atoms with van der Waals surface area (Å²) in [5, 5.41) is 7.90. The highest BCUT2D eigenvalue weighted by atomic mass is 35.5. The average Bonchev–Trinajstić information content (AvgIpc) is 2.89. The van der Waals surface area contributed by atoms with Crippen molar-refractivity contribution in [2.24, 2.45) is 0 Å². The lowest BCUT2D eigenvalue weighted by molar-refractivity contribution is 0.242. The Hall–Kier alpha value is -0.580. The first-order valence-corrected chi connectivity index (χ1v) is 7.05. The van der Waals surface area contributed by atoms with Gasteiger partial charge in [-0.3, -0.25) is 9.58 Å². The minimum Gasteiger partial charge on any atom is -0.318 e. The van der Waals surface area contributed by atoms with Crippen molar-refractivity contribution in [2.45, 2.75) is 52.2 Å². The predicted molar refractivity (Wildman–Crippen MR) is 82.0 cm³/mol. The fourth-order valence-electron chi connectivity index (χ4n) is 2.73. The second-order valence-corrected chi connectivity index (χ2v) is 5.64. The van der Waals surface area contributed by atoms with E-state index in [0.29, 0.717) is 12.1 Å². The predicted octanol–water partition coefficient (Wildman–Crippen LogP) is 2.38. The lowest BCUT2D eigenvalue weighted by Crippen LogP contribution is -2.36. The SMILES string of the molecule is CNCC1CCCN1Cc1cn(C(C)C)nc1C.Cl. The van der Waals surface area contributed by atoms with Crippen LogP contribution in [0.25, 0.3) is 0 Å². The van der Waals surface area contributed by atoms with Crippen LogP contribution in [0.4, 0.5) is 0 Å². The van der Waals surface area contributed by atoms with Crippen LogP contribution in [0.15, 0.2) is 6.20 Å². The highest BCUT2D eigenvalue weighted by Gasteiger charge is 2.24. The molecule has 0 aromatic carbocycles. The van der Waals surface area contributed by atoms with Crippen molar-refractivity contribution in [3.05, 3.63) is 17.5 Å². The smallest absolute Gasteiger partial charge is 0.0638 e. The summed E-state index contributed by atoms with van der Waals surface area (Å²) in [7, 11) is 2.04. The number of likely N-dealkylation sites (N-methyl/N-ethyl adjacent to an activating group) is 1. The lowest BCUT2D eigenvalue weighted by Gasteiger charge is -2.23.